The highest BCUT2D eigenvalue weighted by Gasteiger charge is 2.29. The van der Waals surface area contributed by atoms with Crippen molar-refractivity contribution >= 4 is 23.4 Å². The van der Waals surface area contributed by atoms with E-state index in [1.54, 1.807) is 43.1 Å². The lowest BCUT2D eigenvalue weighted by Gasteiger charge is -2.26. The average molecular weight is 339 g/mol. The van der Waals surface area contributed by atoms with Crippen LogP contribution >= 0.6 is 11.6 Å². The molecule has 0 heterocycles. The van der Waals surface area contributed by atoms with Crippen molar-refractivity contribution in [1.29, 1.82) is 0 Å². The van der Waals surface area contributed by atoms with Gasteiger partial charge in [0.2, 0.25) is 5.91 Å². The van der Waals surface area contributed by atoms with Crippen LogP contribution in [-0.4, -0.2) is 47.6 Å². The van der Waals surface area contributed by atoms with Crippen molar-refractivity contribution in [3.63, 3.8) is 0 Å². The number of halogens is 1. The number of hydrogen-bond donors (Lipinski definition) is 2. The van der Waals surface area contributed by atoms with Crippen molar-refractivity contribution in [3.05, 3.63) is 34.9 Å². The Morgan fingerprint density at radius 1 is 1.39 bits per heavy atom. The van der Waals surface area contributed by atoms with Crippen molar-refractivity contribution in [2.45, 2.75) is 38.3 Å². The third kappa shape index (κ3) is 4.45. The van der Waals surface area contributed by atoms with Gasteiger partial charge in [-0.25, -0.2) is 0 Å². The van der Waals surface area contributed by atoms with Crippen molar-refractivity contribution < 1.29 is 14.7 Å². The third-order valence-corrected chi connectivity index (χ3v) is 4.67. The number of benzene rings is 1. The summed E-state index contributed by atoms with van der Waals surface area (Å²) in [7, 11) is 1.70. The maximum atomic E-state index is 12.4. The molecule has 23 heavy (non-hydrogen) atoms. The summed E-state index contributed by atoms with van der Waals surface area (Å²) in [4.78, 5) is 26.2. The number of carbonyl (C=O) groups is 2. The Bertz CT molecular complexity index is 579. The fourth-order valence-corrected chi connectivity index (χ4v) is 3.21. The first-order chi connectivity index (χ1) is 10.9. The molecule has 1 aliphatic rings. The average Bonchev–Trinajstić information content (AvgIpc) is 2.91. The van der Waals surface area contributed by atoms with Crippen LogP contribution in [0.15, 0.2) is 24.3 Å². The van der Waals surface area contributed by atoms with E-state index in [4.69, 9.17) is 11.6 Å². The molecule has 3 atom stereocenters. The largest absolute Gasteiger partial charge is 0.393 e. The molecule has 5 nitrogen and oxygen atoms in total. The second-order valence-electron chi connectivity index (χ2n) is 6.15. The summed E-state index contributed by atoms with van der Waals surface area (Å²) in [6.45, 7) is 2.16. The van der Waals surface area contributed by atoms with Crippen LogP contribution in [-0.2, 0) is 4.79 Å². The van der Waals surface area contributed by atoms with Crippen LogP contribution in [0.5, 0.6) is 0 Å². The van der Waals surface area contributed by atoms with Gasteiger partial charge in [0.05, 0.1) is 16.7 Å². The van der Waals surface area contributed by atoms with Crippen LogP contribution in [0, 0.1) is 5.92 Å². The molecular weight excluding hydrogens is 316 g/mol. The fourth-order valence-electron chi connectivity index (χ4n) is 2.98. The summed E-state index contributed by atoms with van der Waals surface area (Å²) in [6, 6.07) is 6.07. The molecule has 6 heteroatoms. The summed E-state index contributed by atoms with van der Waals surface area (Å²) in [5.41, 5.74) is 0.350. The van der Waals surface area contributed by atoms with Crippen molar-refractivity contribution in [2.75, 3.05) is 13.6 Å². The lowest BCUT2D eigenvalue weighted by molar-refractivity contribution is -0.132. The molecule has 1 aromatic rings. The monoisotopic (exact) mass is 338 g/mol. The van der Waals surface area contributed by atoms with Crippen LogP contribution in [0.2, 0.25) is 5.02 Å². The molecule has 1 aliphatic carbocycles. The van der Waals surface area contributed by atoms with E-state index in [1.165, 1.54) is 0 Å². The predicted molar refractivity (Wildman–Crippen MR) is 89.4 cm³/mol. The van der Waals surface area contributed by atoms with Crippen LogP contribution < -0.4 is 5.32 Å². The van der Waals surface area contributed by atoms with Crippen LogP contribution in [0.4, 0.5) is 0 Å². The van der Waals surface area contributed by atoms with E-state index in [0.717, 1.165) is 19.3 Å². The van der Waals surface area contributed by atoms with Gasteiger partial charge in [0.1, 0.15) is 6.04 Å². The highest BCUT2D eigenvalue weighted by Crippen LogP contribution is 2.26. The molecule has 3 unspecified atom stereocenters. The molecule has 0 spiro atoms. The highest BCUT2D eigenvalue weighted by atomic mass is 35.5. The quantitative estimate of drug-likeness (QED) is 0.863. The number of likely N-dealkylation sites (N-methyl/N-ethyl adjacent to an activating group) is 1. The van der Waals surface area contributed by atoms with E-state index < -0.39 is 6.04 Å². The van der Waals surface area contributed by atoms with Crippen LogP contribution in [0.25, 0.3) is 0 Å². The van der Waals surface area contributed by atoms with Gasteiger partial charge < -0.3 is 15.3 Å². The zero-order valence-electron chi connectivity index (χ0n) is 13.5. The number of aliphatic hydroxyl groups excluding tert-OH is 1. The van der Waals surface area contributed by atoms with Gasteiger partial charge in [0.15, 0.2) is 0 Å². The topological polar surface area (TPSA) is 69.6 Å². The maximum Gasteiger partial charge on any atom is 0.253 e. The Hall–Kier alpha value is -1.59. The molecule has 1 aromatic carbocycles. The van der Waals surface area contributed by atoms with Gasteiger partial charge in [-0.2, -0.15) is 0 Å². The number of aliphatic hydroxyl groups is 1. The van der Waals surface area contributed by atoms with Gasteiger partial charge >= 0.3 is 0 Å². The number of carbonyl (C=O) groups excluding carboxylic acids is 2. The molecule has 126 valence electrons. The second-order valence-corrected chi connectivity index (χ2v) is 6.56. The number of rotatable bonds is 5. The Labute approximate surface area is 141 Å². The number of nitrogens with zero attached hydrogens (tertiary/aromatic N) is 1. The third-order valence-electron chi connectivity index (χ3n) is 4.34. The molecule has 2 amide bonds. The molecule has 0 aliphatic heterocycles. The minimum atomic E-state index is -0.651. The van der Waals surface area contributed by atoms with E-state index in [2.05, 4.69) is 5.32 Å². The van der Waals surface area contributed by atoms with Gasteiger partial charge in [0, 0.05) is 19.5 Å². The van der Waals surface area contributed by atoms with Crippen molar-refractivity contribution in [2.24, 2.45) is 5.92 Å². The first-order valence-corrected chi connectivity index (χ1v) is 8.26. The van der Waals surface area contributed by atoms with Gasteiger partial charge in [0.25, 0.3) is 5.91 Å². The molecule has 0 saturated heterocycles. The summed E-state index contributed by atoms with van der Waals surface area (Å²) < 4.78 is 0. The zero-order chi connectivity index (χ0) is 17.0. The van der Waals surface area contributed by atoms with Crippen molar-refractivity contribution in [3.8, 4) is 0 Å². The predicted octanol–water partition coefficient (Wildman–Crippen LogP) is 2.08. The minimum Gasteiger partial charge on any atom is -0.393 e. The van der Waals surface area contributed by atoms with E-state index >= 15 is 0 Å². The van der Waals surface area contributed by atoms with Crippen molar-refractivity contribution in [1.82, 2.24) is 10.2 Å². The molecule has 1 fully saturated rings. The molecule has 0 bridgehead atoms. The van der Waals surface area contributed by atoms with Gasteiger partial charge in [-0.3, -0.25) is 9.59 Å². The Morgan fingerprint density at radius 2 is 2.09 bits per heavy atom. The first kappa shape index (κ1) is 17.8. The van der Waals surface area contributed by atoms with Gasteiger partial charge in [-0.15, -0.1) is 0 Å². The molecule has 0 aromatic heterocycles. The number of nitrogens with one attached hydrogen (secondary N) is 1. The number of hydrogen-bond acceptors (Lipinski definition) is 3. The maximum absolute atomic E-state index is 12.4. The molecular formula is C17H23ClN2O3. The lowest BCUT2D eigenvalue weighted by Crippen LogP contribution is -2.47. The van der Waals surface area contributed by atoms with E-state index in [9.17, 15) is 14.7 Å². The highest BCUT2D eigenvalue weighted by molar-refractivity contribution is 6.33. The Kier molecular flexibility index (Phi) is 6.02. The summed E-state index contributed by atoms with van der Waals surface area (Å²) in [5.74, 6) is -0.425. The van der Waals surface area contributed by atoms with Gasteiger partial charge in [-0.1, -0.05) is 30.2 Å². The minimum absolute atomic E-state index is 0.121. The zero-order valence-corrected chi connectivity index (χ0v) is 14.2. The first-order valence-electron chi connectivity index (χ1n) is 7.88. The molecule has 1 saturated carbocycles. The molecule has 2 rings (SSSR count). The van der Waals surface area contributed by atoms with Crippen LogP contribution in [0.3, 0.4) is 0 Å². The van der Waals surface area contributed by atoms with Crippen LogP contribution in [0.1, 0.15) is 36.5 Å². The second kappa shape index (κ2) is 7.79. The normalized spacial score (nSPS) is 21.7. The van der Waals surface area contributed by atoms with E-state index in [-0.39, 0.29) is 23.8 Å². The standard InChI is InChI=1S/C17H23ClN2O3/c1-11(19-16(22)13-7-3-4-8-14(13)18)17(23)20(2)10-12-6-5-9-15(12)21/h3-4,7-8,11-12,15,21H,5-6,9-10H2,1-2H3,(H,19,22). The smallest absolute Gasteiger partial charge is 0.253 e. The van der Waals surface area contributed by atoms with Gasteiger partial charge in [-0.05, 0) is 31.9 Å². The fraction of sp³-hybridized carbons (Fsp3) is 0.529. The summed E-state index contributed by atoms with van der Waals surface area (Å²) in [5, 5.41) is 12.9. The molecule has 2 N–H and O–H groups in total. The number of amides is 2. The Balaban J connectivity index is 1.91. The molecule has 0 radical (unpaired) electrons. The van der Waals surface area contributed by atoms with E-state index in [1.807, 2.05) is 0 Å². The summed E-state index contributed by atoms with van der Waals surface area (Å²) in [6.07, 6.45) is 2.38. The Morgan fingerprint density at radius 3 is 2.70 bits per heavy atom. The van der Waals surface area contributed by atoms with E-state index in [0.29, 0.717) is 17.1 Å². The SMILES string of the molecule is CC(NC(=O)c1ccccc1Cl)C(=O)N(C)CC1CCCC1O. The summed E-state index contributed by atoms with van der Waals surface area (Å²) >= 11 is 5.99. The lowest BCUT2D eigenvalue weighted by atomic mass is 10.1.